The molecular formula is C15H28N2O. The van der Waals surface area contributed by atoms with Gasteiger partial charge in [-0.25, -0.2) is 0 Å². The summed E-state index contributed by atoms with van der Waals surface area (Å²) in [7, 11) is 0. The van der Waals surface area contributed by atoms with Gasteiger partial charge in [0.05, 0.1) is 0 Å². The van der Waals surface area contributed by atoms with E-state index in [0.29, 0.717) is 5.75 Å². The van der Waals surface area contributed by atoms with Gasteiger partial charge in [0.1, 0.15) is 5.75 Å². The highest BCUT2D eigenvalue weighted by atomic mass is 16.3. The van der Waals surface area contributed by atoms with Gasteiger partial charge >= 0.3 is 0 Å². The molecule has 3 heteroatoms. The average Bonchev–Trinajstić information content (AvgIpc) is 2.41. The van der Waals surface area contributed by atoms with Gasteiger partial charge in [0.25, 0.3) is 0 Å². The van der Waals surface area contributed by atoms with E-state index in [4.69, 9.17) is 10.8 Å². The van der Waals surface area contributed by atoms with E-state index in [0.717, 1.165) is 18.5 Å². The molecular weight excluding hydrogens is 224 g/mol. The largest absolute Gasteiger partial charge is 0.508 e. The molecule has 3 nitrogen and oxygen atoms in total. The molecule has 0 radical (unpaired) electrons. The smallest absolute Gasteiger partial charge is 0.115 e. The molecule has 18 heavy (non-hydrogen) atoms. The number of benzene rings is 1. The van der Waals surface area contributed by atoms with Crippen molar-refractivity contribution in [3.63, 3.8) is 0 Å². The molecule has 0 atom stereocenters. The van der Waals surface area contributed by atoms with Crippen molar-refractivity contribution in [3.8, 4) is 5.75 Å². The van der Waals surface area contributed by atoms with Crippen LogP contribution in [0.25, 0.3) is 0 Å². The number of hydrogen-bond donors (Lipinski definition) is 3. The van der Waals surface area contributed by atoms with Crippen LogP contribution in [0.2, 0.25) is 0 Å². The summed E-state index contributed by atoms with van der Waals surface area (Å²) in [6.45, 7) is 7.32. The topological polar surface area (TPSA) is 58.3 Å². The van der Waals surface area contributed by atoms with Crippen molar-refractivity contribution in [1.29, 1.82) is 0 Å². The summed E-state index contributed by atoms with van der Waals surface area (Å²) in [5, 5.41) is 12.1. The number of phenolic OH excluding ortho intramolecular Hbond substituents is 1. The van der Waals surface area contributed by atoms with E-state index in [-0.39, 0.29) is 0 Å². The zero-order valence-corrected chi connectivity index (χ0v) is 11.8. The lowest BCUT2D eigenvalue weighted by atomic mass is 10.2. The van der Waals surface area contributed by atoms with Gasteiger partial charge in [0.2, 0.25) is 0 Å². The fourth-order valence-electron chi connectivity index (χ4n) is 1.43. The second-order valence-corrected chi connectivity index (χ2v) is 4.44. The fourth-order valence-corrected chi connectivity index (χ4v) is 1.43. The van der Waals surface area contributed by atoms with Gasteiger partial charge in [0.15, 0.2) is 0 Å². The number of aromatic hydroxyl groups is 1. The maximum Gasteiger partial charge on any atom is 0.115 e. The van der Waals surface area contributed by atoms with Crippen molar-refractivity contribution in [1.82, 2.24) is 5.32 Å². The Morgan fingerprint density at radius 1 is 1.22 bits per heavy atom. The van der Waals surface area contributed by atoms with Crippen molar-refractivity contribution in [2.24, 2.45) is 5.73 Å². The van der Waals surface area contributed by atoms with Crippen molar-refractivity contribution in [2.75, 3.05) is 19.6 Å². The van der Waals surface area contributed by atoms with Crippen LogP contribution in [0.4, 0.5) is 0 Å². The van der Waals surface area contributed by atoms with Crippen molar-refractivity contribution in [3.05, 3.63) is 29.8 Å². The first kappa shape index (κ1) is 16.9. The lowest BCUT2D eigenvalue weighted by Gasteiger charge is -2.08. The van der Waals surface area contributed by atoms with Gasteiger partial charge in [0, 0.05) is 0 Å². The molecule has 0 aliphatic carbocycles. The number of aryl methyl sites for hydroxylation is 1. The summed E-state index contributed by atoms with van der Waals surface area (Å²) in [6, 6.07) is 7.15. The lowest BCUT2D eigenvalue weighted by molar-refractivity contribution is 0.475. The molecule has 0 amide bonds. The molecule has 1 aromatic rings. The van der Waals surface area contributed by atoms with Crippen LogP contribution in [0.1, 0.15) is 38.2 Å². The SMILES string of the molecule is C1CCNCC1.CCCN.Cc1cccc(O)c1. The molecule has 0 bridgehead atoms. The molecule has 2 rings (SSSR count). The molecule has 1 aliphatic rings. The maximum atomic E-state index is 8.81. The monoisotopic (exact) mass is 252 g/mol. The van der Waals surface area contributed by atoms with E-state index >= 15 is 0 Å². The normalized spacial score (nSPS) is 13.7. The number of nitrogens with one attached hydrogen (secondary N) is 1. The fraction of sp³-hybridized carbons (Fsp3) is 0.600. The average molecular weight is 252 g/mol. The Hall–Kier alpha value is -1.06. The van der Waals surface area contributed by atoms with Crippen molar-refractivity contribution < 1.29 is 5.11 Å². The summed E-state index contributed by atoms with van der Waals surface area (Å²) in [6.07, 6.45) is 5.31. The Morgan fingerprint density at radius 2 is 1.83 bits per heavy atom. The van der Waals surface area contributed by atoms with E-state index in [1.165, 1.54) is 32.4 Å². The third kappa shape index (κ3) is 11.4. The van der Waals surface area contributed by atoms with Crippen LogP contribution in [0.3, 0.4) is 0 Å². The highest BCUT2D eigenvalue weighted by Crippen LogP contribution is 2.08. The zero-order chi connectivity index (χ0) is 13.6. The second-order valence-electron chi connectivity index (χ2n) is 4.44. The number of phenols is 1. The van der Waals surface area contributed by atoms with E-state index < -0.39 is 0 Å². The van der Waals surface area contributed by atoms with Crippen molar-refractivity contribution in [2.45, 2.75) is 39.5 Å². The summed E-state index contributed by atoms with van der Waals surface area (Å²) in [5.74, 6) is 0.338. The standard InChI is InChI=1S/C7H8O.C5H11N.C3H9N/c1-6-3-2-4-7(8)5-6;1-2-4-6-5-3-1;1-2-3-4/h2-5,8H,1H3;6H,1-5H2;2-4H2,1H3. The van der Waals surface area contributed by atoms with Gasteiger partial charge < -0.3 is 16.2 Å². The van der Waals surface area contributed by atoms with Gasteiger partial charge in [-0.1, -0.05) is 25.5 Å². The molecule has 1 saturated heterocycles. The maximum absolute atomic E-state index is 8.81. The first-order valence-electron chi connectivity index (χ1n) is 6.87. The van der Waals surface area contributed by atoms with Gasteiger partial charge in [-0.15, -0.1) is 0 Å². The van der Waals surface area contributed by atoms with Gasteiger partial charge in [-0.05, 0) is 63.5 Å². The van der Waals surface area contributed by atoms with E-state index in [1.54, 1.807) is 12.1 Å². The quantitative estimate of drug-likeness (QED) is 0.720. The van der Waals surface area contributed by atoms with Crippen LogP contribution in [0, 0.1) is 6.92 Å². The highest BCUT2D eigenvalue weighted by molar-refractivity contribution is 5.25. The molecule has 0 aromatic heterocycles. The van der Waals surface area contributed by atoms with Crippen LogP contribution in [-0.2, 0) is 0 Å². The molecule has 4 N–H and O–H groups in total. The minimum absolute atomic E-state index is 0.338. The molecule has 0 unspecified atom stereocenters. The summed E-state index contributed by atoms with van der Waals surface area (Å²) < 4.78 is 0. The van der Waals surface area contributed by atoms with E-state index in [2.05, 4.69) is 12.2 Å². The minimum atomic E-state index is 0.338. The molecule has 1 aromatic carbocycles. The Balaban J connectivity index is 0.000000257. The number of hydrogen-bond acceptors (Lipinski definition) is 3. The van der Waals surface area contributed by atoms with Crippen LogP contribution in [0.15, 0.2) is 24.3 Å². The summed E-state index contributed by atoms with van der Waals surface area (Å²) >= 11 is 0. The predicted molar refractivity (Wildman–Crippen MR) is 78.9 cm³/mol. The van der Waals surface area contributed by atoms with Crippen LogP contribution < -0.4 is 11.1 Å². The first-order chi connectivity index (χ1) is 8.70. The molecule has 1 fully saturated rings. The molecule has 0 spiro atoms. The van der Waals surface area contributed by atoms with Crippen LogP contribution >= 0.6 is 0 Å². The van der Waals surface area contributed by atoms with E-state index in [1.807, 2.05) is 19.1 Å². The number of piperidine rings is 1. The number of nitrogens with two attached hydrogens (primary N) is 1. The third-order valence-corrected chi connectivity index (χ3v) is 2.50. The zero-order valence-electron chi connectivity index (χ0n) is 11.8. The van der Waals surface area contributed by atoms with Crippen LogP contribution in [-0.4, -0.2) is 24.7 Å². The Morgan fingerprint density at radius 3 is 2.06 bits per heavy atom. The Bertz CT molecular complexity index is 255. The van der Waals surface area contributed by atoms with E-state index in [9.17, 15) is 0 Å². The molecule has 0 saturated carbocycles. The highest BCUT2D eigenvalue weighted by Gasteiger charge is 1.93. The molecule has 1 aliphatic heterocycles. The third-order valence-electron chi connectivity index (χ3n) is 2.50. The van der Waals surface area contributed by atoms with Gasteiger partial charge in [-0.2, -0.15) is 0 Å². The summed E-state index contributed by atoms with van der Waals surface area (Å²) in [4.78, 5) is 0. The molecule has 1 heterocycles. The molecule has 104 valence electrons. The van der Waals surface area contributed by atoms with Crippen LogP contribution in [0.5, 0.6) is 5.75 Å². The van der Waals surface area contributed by atoms with Crippen molar-refractivity contribution >= 4 is 0 Å². The Labute approximate surface area is 111 Å². The predicted octanol–water partition coefficient (Wildman–Crippen LogP) is 2.82. The first-order valence-corrected chi connectivity index (χ1v) is 6.87. The number of rotatable bonds is 1. The Kier molecular flexibility index (Phi) is 11.7. The summed E-state index contributed by atoms with van der Waals surface area (Å²) in [5.41, 5.74) is 6.12. The second kappa shape index (κ2) is 12.4. The lowest BCUT2D eigenvalue weighted by Crippen LogP contribution is -2.21. The van der Waals surface area contributed by atoms with Gasteiger partial charge in [-0.3, -0.25) is 0 Å². The minimum Gasteiger partial charge on any atom is -0.508 e.